The van der Waals surface area contributed by atoms with Crippen LogP contribution in [0.1, 0.15) is 32.6 Å². The summed E-state index contributed by atoms with van der Waals surface area (Å²) in [6.07, 6.45) is 5.64. The lowest BCUT2D eigenvalue weighted by Gasteiger charge is -2.25. The lowest BCUT2D eigenvalue weighted by atomic mass is 9.89. The molecule has 1 aliphatic carbocycles. The fourth-order valence-electron chi connectivity index (χ4n) is 1.63. The first kappa shape index (κ1) is 9.01. The Morgan fingerprint density at radius 1 is 1.27 bits per heavy atom. The van der Waals surface area contributed by atoms with E-state index in [2.05, 4.69) is 6.92 Å². The van der Waals surface area contributed by atoms with Gasteiger partial charge in [0.25, 0.3) is 0 Å². The number of nitrogens with two attached hydrogens (primary N) is 1. The summed E-state index contributed by atoms with van der Waals surface area (Å²) in [5, 5.41) is 0. The molecule has 2 heteroatoms. The SMILES string of the molecule is CC1CCC(OCCN)CC1. The molecular weight excluding hydrogens is 138 g/mol. The van der Waals surface area contributed by atoms with Crippen LogP contribution in [0.5, 0.6) is 0 Å². The molecule has 1 saturated carbocycles. The molecule has 1 fully saturated rings. The number of rotatable bonds is 3. The Bertz CT molecular complexity index is 95.0. The average molecular weight is 157 g/mol. The molecule has 2 N–H and O–H groups in total. The molecule has 0 spiro atoms. The van der Waals surface area contributed by atoms with Gasteiger partial charge in [-0.15, -0.1) is 0 Å². The average Bonchev–Trinajstić information content (AvgIpc) is 2.04. The predicted molar refractivity (Wildman–Crippen MR) is 46.4 cm³/mol. The van der Waals surface area contributed by atoms with E-state index in [4.69, 9.17) is 10.5 Å². The number of ether oxygens (including phenoxy) is 1. The van der Waals surface area contributed by atoms with Gasteiger partial charge in [-0.3, -0.25) is 0 Å². The van der Waals surface area contributed by atoms with E-state index in [0.29, 0.717) is 12.6 Å². The molecule has 11 heavy (non-hydrogen) atoms. The van der Waals surface area contributed by atoms with Crippen LogP contribution >= 0.6 is 0 Å². The smallest absolute Gasteiger partial charge is 0.0592 e. The number of hydrogen-bond donors (Lipinski definition) is 1. The van der Waals surface area contributed by atoms with Gasteiger partial charge < -0.3 is 10.5 Å². The van der Waals surface area contributed by atoms with Gasteiger partial charge in [-0.25, -0.2) is 0 Å². The van der Waals surface area contributed by atoms with E-state index in [1.807, 2.05) is 0 Å². The first-order valence-corrected chi connectivity index (χ1v) is 4.64. The second kappa shape index (κ2) is 4.73. The van der Waals surface area contributed by atoms with Crippen molar-refractivity contribution in [2.24, 2.45) is 11.7 Å². The zero-order valence-electron chi connectivity index (χ0n) is 7.38. The highest BCUT2D eigenvalue weighted by Crippen LogP contribution is 2.25. The molecule has 0 heterocycles. The van der Waals surface area contributed by atoms with Crippen molar-refractivity contribution < 1.29 is 4.74 Å². The third-order valence-electron chi connectivity index (χ3n) is 2.43. The van der Waals surface area contributed by atoms with Crippen LogP contribution in [0.15, 0.2) is 0 Å². The second-order valence-electron chi connectivity index (χ2n) is 3.54. The van der Waals surface area contributed by atoms with Crippen molar-refractivity contribution in [1.82, 2.24) is 0 Å². The Kier molecular flexibility index (Phi) is 3.87. The Labute approximate surface area is 69.1 Å². The first-order valence-electron chi connectivity index (χ1n) is 4.64. The summed E-state index contributed by atoms with van der Waals surface area (Å²) in [5.41, 5.74) is 5.35. The van der Waals surface area contributed by atoms with Gasteiger partial charge in [0.2, 0.25) is 0 Å². The van der Waals surface area contributed by atoms with Crippen LogP contribution < -0.4 is 5.73 Å². The van der Waals surface area contributed by atoms with Gasteiger partial charge in [-0.1, -0.05) is 6.92 Å². The molecule has 66 valence electrons. The van der Waals surface area contributed by atoms with E-state index >= 15 is 0 Å². The molecule has 0 aromatic heterocycles. The Morgan fingerprint density at radius 3 is 2.45 bits per heavy atom. The van der Waals surface area contributed by atoms with Gasteiger partial charge in [0.05, 0.1) is 12.7 Å². The van der Waals surface area contributed by atoms with Gasteiger partial charge in [-0.05, 0) is 31.6 Å². The quantitative estimate of drug-likeness (QED) is 0.674. The monoisotopic (exact) mass is 157 g/mol. The molecule has 1 rings (SSSR count). The van der Waals surface area contributed by atoms with Crippen LogP contribution in [0.4, 0.5) is 0 Å². The van der Waals surface area contributed by atoms with Crippen molar-refractivity contribution in [3.8, 4) is 0 Å². The van der Waals surface area contributed by atoms with Crippen molar-refractivity contribution in [2.75, 3.05) is 13.2 Å². The fourth-order valence-corrected chi connectivity index (χ4v) is 1.63. The van der Waals surface area contributed by atoms with Crippen molar-refractivity contribution in [2.45, 2.75) is 38.7 Å². The minimum atomic E-state index is 0.509. The molecule has 1 aliphatic rings. The molecule has 2 nitrogen and oxygen atoms in total. The standard InChI is InChI=1S/C9H19NO/c1-8-2-4-9(5-3-8)11-7-6-10/h8-9H,2-7,10H2,1H3. The highest BCUT2D eigenvalue weighted by atomic mass is 16.5. The third kappa shape index (κ3) is 3.21. The largest absolute Gasteiger partial charge is 0.377 e. The van der Waals surface area contributed by atoms with Crippen LogP contribution in [0.25, 0.3) is 0 Å². The molecule has 0 unspecified atom stereocenters. The van der Waals surface area contributed by atoms with Crippen LogP contribution in [-0.4, -0.2) is 19.3 Å². The minimum absolute atomic E-state index is 0.509. The Morgan fingerprint density at radius 2 is 1.91 bits per heavy atom. The minimum Gasteiger partial charge on any atom is -0.377 e. The summed E-state index contributed by atoms with van der Waals surface area (Å²) in [4.78, 5) is 0. The second-order valence-corrected chi connectivity index (χ2v) is 3.54. The zero-order chi connectivity index (χ0) is 8.10. The van der Waals surface area contributed by atoms with Crippen molar-refractivity contribution in [3.05, 3.63) is 0 Å². The van der Waals surface area contributed by atoms with E-state index in [9.17, 15) is 0 Å². The Balaban J connectivity index is 2.07. The summed E-state index contributed by atoms with van der Waals surface area (Å²) in [7, 11) is 0. The summed E-state index contributed by atoms with van der Waals surface area (Å²) < 4.78 is 5.56. The molecule has 0 aromatic carbocycles. The van der Waals surface area contributed by atoms with Crippen LogP contribution in [-0.2, 0) is 4.74 Å². The molecular formula is C9H19NO. The van der Waals surface area contributed by atoms with Crippen LogP contribution in [0, 0.1) is 5.92 Å². The third-order valence-corrected chi connectivity index (χ3v) is 2.43. The summed E-state index contributed by atoms with van der Waals surface area (Å²) in [6, 6.07) is 0. The van der Waals surface area contributed by atoms with E-state index in [-0.39, 0.29) is 0 Å². The maximum atomic E-state index is 5.56. The van der Waals surface area contributed by atoms with Crippen LogP contribution in [0.3, 0.4) is 0 Å². The van der Waals surface area contributed by atoms with Gasteiger partial charge in [0.15, 0.2) is 0 Å². The predicted octanol–water partition coefficient (Wildman–Crippen LogP) is 1.54. The van der Waals surface area contributed by atoms with E-state index in [1.165, 1.54) is 25.7 Å². The summed E-state index contributed by atoms with van der Waals surface area (Å²) in [5.74, 6) is 0.910. The van der Waals surface area contributed by atoms with Gasteiger partial charge in [0.1, 0.15) is 0 Å². The molecule has 0 aliphatic heterocycles. The topological polar surface area (TPSA) is 35.2 Å². The normalized spacial score (nSPS) is 32.2. The lowest BCUT2D eigenvalue weighted by Crippen LogP contribution is -2.23. The molecule has 0 aromatic rings. The highest BCUT2D eigenvalue weighted by molar-refractivity contribution is 4.69. The van der Waals surface area contributed by atoms with Gasteiger partial charge in [0, 0.05) is 6.54 Å². The fraction of sp³-hybridized carbons (Fsp3) is 1.00. The first-order chi connectivity index (χ1) is 5.33. The molecule has 0 saturated heterocycles. The van der Waals surface area contributed by atoms with Crippen LogP contribution in [0.2, 0.25) is 0 Å². The zero-order valence-corrected chi connectivity index (χ0v) is 7.38. The lowest BCUT2D eigenvalue weighted by molar-refractivity contribution is 0.0244. The molecule has 0 atom stereocenters. The van der Waals surface area contributed by atoms with Crippen molar-refractivity contribution in [3.63, 3.8) is 0 Å². The highest BCUT2D eigenvalue weighted by Gasteiger charge is 2.17. The Hall–Kier alpha value is -0.0800. The molecule has 0 amide bonds. The molecule has 0 bridgehead atoms. The van der Waals surface area contributed by atoms with E-state index in [0.717, 1.165) is 12.5 Å². The maximum absolute atomic E-state index is 5.56. The number of hydrogen-bond acceptors (Lipinski definition) is 2. The molecule has 0 radical (unpaired) electrons. The van der Waals surface area contributed by atoms with Gasteiger partial charge in [-0.2, -0.15) is 0 Å². The van der Waals surface area contributed by atoms with Crippen molar-refractivity contribution in [1.29, 1.82) is 0 Å². The van der Waals surface area contributed by atoms with E-state index in [1.54, 1.807) is 0 Å². The summed E-state index contributed by atoms with van der Waals surface area (Å²) in [6.45, 7) is 3.71. The maximum Gasteiger partial charge on any atom is 0.0592 e. The summed E-state index contributed by atoms with van der Waals surface area (Å²) >= 11 is 0. The van der Waals surface area contributed by atoms with Gasteiger partial charge >= 0.3 is 0 Å². The van der Waals surface area contributed by atoms with Crippen molar-refractivity contribution >= 4 is 0 Å². The van der Waals surface area contributed by atoms with E-state index < -0.39 is 0 Å².